The molecule has 0 amide bonds. The number of hydrogen-bond acceptors (Lipinski definition) is 4. The van der Waals surface area contributed by atoms with Crippen LogP contribution in [0.15, 0.2) is 0 Å². The van der Waals surface area contributed by atoms with Crippen molar-refractivity contribution < 1.29 is 0 Å². The molecule has 1 aromatic heterocycles. The predicted molar refractivity (Wildman–Crippen MR) is 82.4 cm³/mol. The highest BCUT2D eigenvalue weighted by molar-refractivity contribution is 7.11. The van der Waals surface area contributed by atoms with Crippen molar-refractivity contribution in [2.45, 2.75) is 59.0 Å². The second-order valence-corrected chi connectivity index (χ2v) is 7.52. The Bertz CT molecular complexity index is 420. The molecule has 2 N–H and O–H groups in total. The summed E-state index contributed by atoms with van der Waals surface area (Å²) in [6.45, 7) is 12.1. The first-order valence-corrected chi connectivity index (χ1v) is 8.22. The molecule has 0 spiro atoms. The van der Waals surface area contributed by atoms with E-state index in [-0.39, 0.29) is 5.54 Å². The van der Waals surface area contributed by atoms with Crippen LogP contribution in [0.3, 0.4) is 0 Å². The van der Waals surface area contributed by atoms with Gasteiger partial charge in [-0.25, -0.2) is 4.98 Å². The first-order chi connectivity index (χ1) is 8.90. The molecule has 19 heavy (non-hydrogen) atoms. The largest absolute Gasteiger partial charge is 0.321 e. The second kappa shape index (κ2) is 5.90. The smallest absolute Gasteiger partial charge is 0.107 e. The molecule has 0 aromatic carbocycles. The molecular formula is C15H27N3S. The quantitative estimate of drug-likeness (QED) is 0.922. The molecule has 3 nitrogen and oxygen atoms in total. The zero-order valence-corrected chi connectivity index (χ0v) is 13.5. The van der Waals surface area contributed by atoms with Gasteiger partial charge in [-0.1, -0.05) is 13.8 Å². The normalized spacial score (nSPS) is 21.8. The lowest BCUT2D eigenvalue weighted by atomic mass is 10.0. The van der Waals surface area contributed by atoms with E-state index in [0.29, 0.717) is 0 Å². The molecule has 4 heteroatoms. The van der Waals surface area contributed by atoms with E-state index < -0.39 is 0 Å². The number of piperidine rings is 1. The van der Waals surface area contributed by atoms with Crippen LogP contribution in [0.5, 0.6) is 0 Å². The van der Waals surface area contributed by atoms with Gasteiger partial charge >= 0.3 is 0 Å². The van der Waals surface area contributed by atoms with Gasteiger partial charge in [0.2, 0.25) is 0 Å². The zero-order chi connectivity index (χ0) is 14.0. The topological polar surface area (TPSA) is 42.2 Å². The van der Waals surface area contributed by atoms with E-state index in [4.69, 9.17) is 10.7 Å². The number of thiazole rings is 1. The van der Waals surface area contributed by atoms with Gasteiger partial charge in [0.05, 0.1) is 12.2 Å². The van der Waals surface area contributed by atoms with E-state index in [1.165, 1.54) is 41.5 Å². The Kier molecular flexibility index (Phi) is 4.64. The maximum atomic E-state index is 6.26. The molecular weight excluding hydrogens is 254 g/mol. The van der Waals surface area contributed by atoms with E-state index in [9.17, 15) is 0 Å². The summed E-state index contributed by atoms with van der Waals surface area (Å²) < 4.78 is 0. The fourth-order valence-corrected chi connectivity index (χ4v) is 4.04. The van der Waals surface area contributed by atoms with Gasteiger partial charge in [-0.05, 0) is 45.6 Å². The van der Waals surface area contributed by atoms with E-state index in [1.807, 2.05) is 11.3 Å². The molecule has 108 valence electrons. The molecule has 0 radical (unpaired) electrons. The Hall–Kier alpha value is -0.450. The van der Waals surface area contributed by atoms with Crippen molar-refractivity contribution >= 4 is 11.3 Å². The average Bonchev–Trinajstić information content (AvgIpc) is 2.72. The molecule has 0 bridgehead atoms. The number of aromatic nitrogens is 1. The van der Waals surface area contributed by atoms with Crippen LogP contribution in [0.4, 0.5) is 0 Å². The molecule has 1 aliphatic rings. The highest BCUT2D eigenvalue weighted by atomic mass is 32.1. The van der Waals surface area contributed by atoms with Crippen LogP contribution >= 0.6 is 11.3 Å². The minimum absolute atomic E-state index is 0.267. The molecule has 1 aliphatic heterocycles. The van der Waals surface area contributed by atoms with Gasteiger partial charge in [0, 0.05) is 17.0 Å². The van der Waals surface area contributed by atoms with Gasteiger partial charge in [-0.15, -0.1) is 11.3 Å². The lowest BCUT2D eigenvalue weighted by Crippen LogP contribution is -2.33. The van der Waals surface area contributed by atoms with Crippen LogP contribution in [0.2, 0.25) is 0 Å². The Morgan fingerprint density at radius 3 is 2.74 bits per heavy atom. The van der Waals surface area contributed by atoms with E-state index in [0.717, 1.165) is 18.9 Å². The maximum Gasteiger partial charge on any atom is 0.107 e. The summed E-state index contributed by atoms with van der Waals surface area (Å²) in [5.74, 6) is 0.824. The molecule has 2 rings (SSSR count). The van der Waals surface area contributed by atoms with Crippen molar-refractivity contribution in [1.29, 1.82) is 0 Å². The number of hydrogen-bond donors (Lipinski definition) is 1. The van der Waals surface area contributed by atoms with Crippen LogP contribution in [0.1, 0.15) is 56.1 Å². The molecule has 1 unspecified atom stereocenters. The third kappa shape index (κ3) is 3.77. The molecule has 2 heterocycles. The van der Waals surface area contributed by atoms with Gasteiger partial charge in [0.15, 0.2) is 0 Å². The van der Waals surface area contributed by atoms with Crippen LogP contribution < -0.4 is 5.73 Å². The number of likely N-dealkylation sites (tertiary alicyclic amines) is 1. The summed E-state index contributed by atoms with van der Waals surface area (Å²) in [6, 6.07) is 0. The van der Waals surface area contributed by atoms with E-state index in [1.54, 1.807) is 0 Å². The molecule has 1 atom stereocenters. The number of rotatable bonds is 4. The number of aryl methyl sites for hydroxylation is 1. The standard InChI is InChI=1S/C15H27N3S/c1-5-12-14(15(3,4)16)19-13(17-12)10-18-8-6-7-11(2)9-18/h11H,5-10,16H2,1-4H3. The monoisotopic (exact) mass is 281 g/mol. The first-order valence-electron chi connectivity index (χ1n) is 7.40. The lowest BCUT2D eigenvalue weighted by Gasteiger charge is -2.29. The van der Waals surface area contributed by atoms with Gasteiger partial charge in [0.1, 0.15) is 5.01 Å². The zero-order valence-electron chi connectivity index (χ0n) is 12.7. The van der Waals surface area contributed by atoms with Crippen molar-refractivity contribution in [3.8, 4) is 0 Å². The third-order valence-electron chi connectivity index (χ3n) is 3.76. The van der Waals surface area contributed by atoms with Crippen molar-refractivity contribution in [2.75, 3.05) is 13.1 Å². The summed E-state index contributed by atoms with van der Waals surface area (Å²) in [5, 5.41) is 1.24. The summed E-state index contributed by atoms with van der Waals surface area (Å²) >= 11 is 1.81. The lowest BCUT2D eigenvalue weighted by molar-refractivity contribution is 0.176. The van der Waals surface area contributed by atoms with E-state index in [2.05, 4.69) is 32.6 Å². The fraction of sp³-hybridized carbons (Fsp3) is 0.800. The maximum absolute atomic E-state index is 6.26. The summed E-state index contributed by atoms with van der Waals surface area (Å²) in [7, 11) is 0. The van der Waals surface area contributed by atoms with Crippen molar-refractivity contribution in [3.63, 3.8) is 0 Å². The molecule has 0 saturated carbocycles. The Morgan fingerprint density at radius 2 is 2.21 bits per heavy atom. The minimum atomic E-state index is -0.267. The van der Waals surface area contributed by atoms with Crippen LogP contribution in [0.25, 0.3) is 0 Å². The molecule has 1 fully saturated rings. The van der Waals surface area contributed by atoms with Gasteiger partial charge < -0.3 is 5.73 Å². The Morgan fingerprint density at radius 1 is 1.47 bits per heavy atom. The van der Waals surface area contributed by atoms with Crippen molar-refractivity contribution in [2.24, 2.45) is 11.7 Å². The number of nitrogens with zero attached hydrogens (tertiary/aromatic N) is 2. The van der Waals surface area contributed by atoms with Crippen LogP contribution in [-0.2, 0) is 18.5 Å². The first kappa shape index (κ1) is 14.9. The van der Waals surface area contributed by atoms with Crippen molar-refractivity contribution in [3.05, 3.63) is 15.6 Å². The van der Waals surface area contributed by atoms with Crippen LogP contribution in [0, 0.1) is 5.92 Å². The molecule has 1 aromatic rings. The molecule has 0 aliphatic carbocycles. The SMILES string of the molecule is CCc1nc(CN2CCCC(C)C2)sc1C(C)(C)N. The summed E-state index contributed by atoms with van der Waals surface area (Å²) in [4.78, 5) is 8.61. The highest BCUT2D eigenvalue weighted by Gasteiger charge is 2.24. The summed E-state index contributed by atoms with van der Waals surface area (Å²) in [5.41, 5.74) is 7.18. The second-order valence-electron chi connectivity index (χ2n) is 6.44. The van der Waals surface area contributed by atoms with Gasteiger partial charge in [0.25, 0.3) is 0 Å². The predicted octanol–water partition coefficient (Wildman–Crippen LogP) is 3.13. The minimum Gasteiger partial charge on any atom is -0.321 e. The Labute approximate surface area is 121 Å². The Balaban J connectivity index is 2.10. The highest BCUT2D eigenvalue weighted by Crippen LogP contribution is 2.30. The molecule has 1 saturated heterocycles. The summed E-state index contributed by atoms with van der Waals surface area (Å²) in [6.07, 6.45) is 3.67. The third-order valence-corrected chi connectivity index (χ3v) is 5.18. The van der Waals surface area contributed by atoms with Gasteiger partial charge in [-0.3, -0.25) is 4.90 Å². The van der Waals surface area contributed by atoms with Crippen molar-refractivity contribution in [1.82, 2.24) is 9.88 Å². The fourth-order valence-electron chi connectivity index (χ4n) is 2.83. The van der Waals surface area contributed by atoms with E-state index >= 15 is 0 Å². The van der Waals surface area contributed by atoms with Gasteiger partial charge in [-0.2, -0.15) is 0 Å². The number of nitrogens with two attached hydrogens (primary N) is 1. The average molecular weight is 281 g/mol. The van der Waals surface area contributed by atoms with Crippen LogP contribution in [-0.4, -0.2) is 23.0 Å².